The second-order valence-corrected chi connectivity index (χ2v) is 4.66. The lowest BCUT2D eigenvalue weighted by atomic mass is 10.1. The molecule has 0 fully saturated rings. The molecule has 0 aromatic heterocycles. The Balaban J connectivity index is 0. The van der Waals surface area contributed by atoms with Crippen molar-refractivity contribution in [1.29, 1.82) is 0 Å². The van der Waals surface area contributed by atoms with Crippen LogP contribution in [0.25, 0.3) is 0 Å². The van der Waals surface area contributed by atoms with Crippen molar-refractivity contribution in [1.82, 2.24) is 0 Å². The molecule has 4 heteroatoms. The molecule has 0 aliphatic carbocycles. The number of aliphatic hydroxyl groups excluding tert-OH is 4. The lowest BCUT2D eigenvalue weighted by Crippen LogP contribution is -2.10. The van der Waals surface area contributed by atoms with Crippen LogP contribution in [-0.4, -0.2) is 45.8 Å². The van der Waals surface area contributed by atoms with Crippen LogP contribution in [-0.2, 0) is 0 Å². The van der Waals surface area contributed by atoms with Crippen LogP contribution in [0.3, 0.4) is 0 Å². The summed E-state index contributed by atoms with van der Waals surface area (Å²) in [7, 11) is 0. The molecule has 2 unspecified atom stereocenters. The molecule has 0 aliphatic rings. The van der Waals surface area contributed by atoms with Gasteiger partial charge in [0.05, 0.1) is 25.4 Å². The monoisotopic (exact) mass is 264 g/mol. The fourth-order valence-electron chi connectivity index (χ4n) is 1.43. The molecule has 0 saturated carbocycles. The summed E-state index contributed by atoms with van der Waals surface area (Å²) in [6.45, 7) is 4.03. The molecular formula is C14H32O4. The van der Waals surface area contributed by atoms with E-state index in [-0.39, 0.29) is 13.2 Å². The largest absolute Gasteiger partial charge is 0.394 e. The Morgan fingerprint density at radius 2 is 1.11 bits per heavy atom. The maximum atomic E-state index is 8.91. The van der Waals surface area contributed by atoms with Crippen molar-refractivity contribution >= 4 is 0 Å². The highest BCUT2D eigenvalue weighted by atomic mass is 16.3. The average Bonchev–Trinajstić information content (AvgIpc) is 2.41. The predicted molar refractivity (Wildman–Crippen MR) is 74.5 cm³/mol. The summed E-state index contributed by atoms with van der Waals surface area (Å²) < 4.78 is 0. The van der Waals surface area contributed by atoms with E-state index in [4.69, 9.17) is 20.4 Å². The summed E-state index contributed by atoms with van der Waals surface area (Å²) in [6.07, 6.45) is 7.24. The standard InChI is InChI=1S/C8H18O2.C6H14O2/c1-2-3-4-5-6-8(10)7-9;1-2-3-4-6(8)5-7/h8-10H,2-7H2,1H3;6-8H,2-5H2,1H3. The third-order valence-electron chi connectivity index (χ3n) is 2.70. The highest BCUT2D eigenvalue weighted by Gasteiger charge is 1.99. The molecule has 0 amide bonds. The first-order chi connectivity index (χ1) is 8.62. The van der Waals surface area contributed by atoms with Gasteiger partial charge in [0.15, 0.2) is 0 Å². The van der Waals surface area contributed by atoms with E-state index in [1.54, 1.807) is 0 Å². The molecule has 2 atom stereocenters. The van der Waals surface area contributed by atoms with Crippen molar-refractivity contribution in [3.63, 3.8) is 0 Å². The molecule has 0 aromatic carbocycles. The van der Waals surface area contributed by atoms with Crippen LogP contribution in [0.4, 0.5) is 0 Å². The minimum absolute atomic E-state index is 0.0911. The van der Waals surface area contributed by atoms with Crippen LogP contribution in [0.1, 0.15) is 65.2 Å². The van der Waals surface area contributed by atoms with Crippen LogP contribution in [0, 0.1) is 0 Å². The van der Waals surface area contributed by atoms with E-state index in [1.165, 1.54) is 19.3 Å². The molecule has 0 radical (unpaired) electrons. The van der Waals surface area contributed by atoms with Gasteiger partial charge in [-0.2, -0.15) is 0 Å². The zero-order valence-corrected chi connectivity index (χ0v) is 12.0. The van der Waals surface area contributed by atoms with E-state index in [1.807, 2.05) is 0 Å². The highest BCUT2D eigenvalue weighted by Crippen LogP contribution is 2.04. The zero-order valence-electron chi connectivity index (χ0n) is 12.0. The lowest BCUT2D eigenvalue weighted by molar-refractivity contribution is 0.0860. The SMILES string of the molecule is CCCCC(O)CO.CCCCCCC(O)CO. The molecule has 0 bridgehead atoms. The van der Waals surface area contributed by atoms with Gasteiger partial charge in [0.2, 0.25) is 0 Å². The Kier molecular flexibility index (Phi) is 18.9. The summed E-state index contributed by atoms with van der Waals surface area (Å²) in [4.78, 5) is 0. The molecule has 0 spiro atoms. The van der Waals surface area contributed by atoms with Gasteiger partial charge in [0.1, 0.15) is 0 Å². The van der Waals surface area contributed by atoms with E-state index in [2.05, 4.69) is 13.8 Å². The van der Waals surface area contributed by atoms with Gasteiger partial charge in [0, 0.05) is 0 Å². The smallest absolute Gasteiger partial charge is 0.0770 e. The number of rotatable bonds is 10. The van der Waals surface area contributed by atoms with Crippen molar-refractivity contribution < 1.29 is 20.4 Å². The first kappa shape index (κ1) is 20.2. The number of aliphatic hydroxyl groups is 4. The molecule has 112 valence electrons. The summed E-state index contributed by atoms with van der Waals surface area (Å²) in [5, 5.41) is 34.4. The van der Waals surface area contributed by atoms with Gasteiger partial charge < -0.3 is 20.4 Å². The number of unbranched alkanes of at least 4 members (excludes halogenated alkanes) is 4. The minimum Gasteiger partial charge on any atom is -0.394 e. The first-order valence-electron chi connectivity index (χ1n) is 7.20. The van der Waals surface area contributed by atoms with Crippen LogP contribution in [0.5, 0.6) is 0 Å². The van der Waals surface area contributed by atoms with Crippen LogP contribution in [0.2, 0.25) is 0 Å². The Hall–Kier alpha value is -0.160. The van der Waals surface area contributed by atoms with Crippen molar-refractivity contribution in [2.45, 2.75) is 77.4 Å². The van der Waals surface area contributed by atoms with Gasteiger partial charge in [-0.1, -0.05) is 52.4 Å². The van der Waals surface area contributed by atoms with Crippen molar-refractivity contribution in [2.24, 2.45) is 0 Å². The lowest BCUT2D eigenvalue weighted by Gasteiger charge is -2.04. The van der Waals surface area contributed by atoms with Gasteiger partial charge in [0.25, 0.3) is 0 Å². The topological polar surface area (TPSA) is 80.9 Å². The van der Waals surface area contributed by atoms with Crippen molar-refractivity contribution in [3.8, 4) is 0 Å². The molecule has 0 saturated heterocycles. The van der Waals surface area contributed by atoms with E-state index in [0.29, 0.717) is 0 Å². The highest BCUT2D eigenvalue weighted by molar-refractivity contribution is 4.52. The van der Waals surface area contributed by atoms with Gasteiger partial charge in [-0.05, 0) is 12.8 Å². The van der Waals surface area contributed by atoms with E-state index >= 15 is 0 Å². The summed E-state index contributed by atoms with van der Waals surface area (Å²) in [5.74, 6) is 0. The van der Waals surface area contributed by atoms with Crippen molar-refractivity contribution in [2.75, 3.05) is 13.2 Å². The maximum absolute atomic E-state index is 8.91. The fraction of sp³-hybridized carbons (Fsp3) is 1.00. The maximum Gasteiger partial charge on any atom is 0.0770 e. The average molecular weight is 264 g/mol. The van der Waals surface area contributed by atoms with E-state index in [9.17, 15) is 0 Å². The molecular weight excluding hydrogens is 232 g/mol. The van der Waals surface area contributed by atoms with Gasteiger partial charge in [-0.25, -0.2) is 0 Å². The van der Waals surface area contributed by atoms with Crippen LogP contribution in [0.15, 0.2) is 0 Å². The Labute approximate surface area is 112 Å². The Morgan fingerprint density at radius 3 is 1.50 bits per heavy atom. The quantitative estimate of drug-likeness (QED) is 0.454. The van der Waals surface area contributed by atoms with Gasteiger partial charge >= 0.3 is 0 Å². The zero-order chi connectivity index (χ0) is 14.2. The predicted octanol–water partition coefficient (Wildman–Crippen LogP) is 1.84. The molecule has 0 aliphatic heterocycles. The third-order valence-corrected chi connectivity index (χ3v) is 2.70. The van der Waals surface area contributed by atoms with E-state index in [0.717, 1.165) is 32.1 Å². The van der Waals surface area contributed by atoms with Gasteiger partial charge in [-0.15, -0.1) is 0 Å². The first-order valence-corrected chi connectivity index (χ1v) is 7.20. The summed E-state index contributed by atoms with van der Waals surface area (Å²) >= 11 is 0. The second kappa shape index (κ2) is 16.8. The second-order valence-electron chi connectivity index (χ2n) is 4.66. The third kappa shape index (κ3) is 18.2. The van der Waals surface area contributed by atoms with Crippen molar-refractivity contribution in [3.05, 3.63) is 0 Å². The number of hydrogen-bond acceptors (Lipinski definition) is 4. The normalized spacial score (nSPS) is 13.7. The number of hydrogen-bond donors (Lipinski definition) is 4. The van der Waals surface area contributed by atoms with Gasteiger partial charge in [-0.3, -0.25) is 0 Å². The minimum atomic E-state index is -0.491. The molecule has 4 nitrogen and oxygen atoms in total. The molecule has 18 heavy (non-hydrogen) atoms. The molecule has 4 N–H and O–H groups in total. The molecule has 0 heterocycles. The Morgan fingerprint density at radius 1 is 0.667 bits per heavy atom. The fourth-order valence-corrected chi connectivity index (χ4v) is 1.43. The van der Waals surface area contributed by atoms with E-state index < -0.39 is 12.2 Å². The van der Waals surface area contributed by atoms with Crippen LogP contribution >= 0.6 is 0 Å². The summed E-state index contributed by atoms with van der Waals surface area (Å²) in [5.41, 5.74) is 0. The Bertz CT molecular complexity index is 142. The molecule has 0 rings (SSSR count). The van der Waals surface area contributed by atoms with Crippen LogP contribution < -0.4 is 0 Å². The molecule has 0 aromatic rings. The summed E-state index contributed by atoms with van der Waals surface area (Å²) in [6, 6.07) is 0.